The van der Waals surface area contributed by atoms with E-state index in [4.69, 9.17) is 9.84 Å². The highest BCUT2D eigenvalue weighted by Gasteiger charge is 2.34. The van der Waals surface area contributed by atoms with Crippen LogP contribution in [0.25, 0.3) is 0 Å². The highest BCUT2D eigenvalue weighted by Crippen LogP contribution is 2.29. The Bertz CT molecular complexity index is 200. The Morgan fingerprint density at radius 3 is 2.72 bits per heavy atom. The molecule has 2 N–H and O–H groups in total. The van der Waals surface area contributed by atoms with Gasteiger partial charge in [0.15, 0.2) is 0 Å². The Kier molecular flexibility index (Phi) is 7.82. The first-order valence-electron chi connectivity index (χ1n) is 7.38. The lowest BCUT2D eigenvalue weighted by atomic mass is 9.81. The van der Waals surface area contributed by atoms with E-state index in [0.717, 1.165) is 58.8 Å². The zero-order chi connectivity index (χ0) is 13.3. The molecule has 0 bridgehead atoms. The standard InChI is InChI=1S/C14H30N2O2/c1-3-7-16(8-9-17)12-14(11-15-4-2)6-5-10-18-13-14/h15,17H,3-13H2,1-2H3. The van der Waals surface area contributed by atoms with Crippen LogP contribution < -0.4 is 5.32 Å². The molecule has 1 aliphatic rings. The molecule has 0 aromatic carbocycles. The van der Waals surface area contributed by atoms with Crippen LogP contribution >= 0.6 is 0 Å². The first-order valence-corrected chi connectivity index (χ1v) is 7.38. The minimum Gasteiger partial charge on any atom is -0.395 e. The van der Waals surface area contributed by atoms with E-state index < -0.39 is 0 Å². The maximum atomic E-state index is 9.16. The zero-order valence-electron chi connectivity index (χ0n) is 12.1. The van der Waals surface area contributed by atoms with Gasteiger partial charge in [-0.15, -0.1) is 0 Å². The summed E-state index contributed by atoms with van der Waals surface area (Å²) in [5.74, 6) is 0. The van der Waals surface area contributed by atoms with Gasteiger partial charge in [-0.3, -0.25) is 0 Å². The van der Waals surface area contributed by atoms with E-state index in [2.05, 4.69) is 24.1 Å². The van der Waals surface area contributed by atoms with E-state index in [1.807, 2.05) is 0 Å². The van der Waals surface area contributed by atoms with Crippen molar-refractivity contribution in [2.24, 2.45) is 5.41 Å². The molecule has 1 fully saturated rings. The summed E-state index contributed by atoms with van der Waals surface area (Å²) in [5, 5.41) is 12.6. The van der Waals surface area contributed by atoms with E-state index in [1.54, 1.807) is 0 Å². The van der Waals surface area contributed by atoms with Crippen molar-refractivity contribution in [1.29, 1.82) is 0 Å². The molecule has 0 aromatic heterocycles. The van der Waals surface area contributed by atoms with Crippen molar-refractivity contribution < 1.29 is 9.84 Å². The normalized spacial score (nSPS) is 24.7. The molecule has 1 unspecified atom stereocenters. The van der Waals surface area contributed by atoms with E-state index in [1.165, 1.54) is 6.42 Å². The number of aliphatic hydroxyl groups is 1. The molecule has 0 amide bonds. The maximum Gasteiger partial charge on any atom is 0.0558 e. The monoisotopic (exact) mass is 258 g/mol. The molecule has 4 nitrogen and oxygen atoms in total. The van der Waals surface area contributed by atoms with Crippen LogP contribution in [0.4, 0.5) is 0 Å². The van der Waals surface area contributed by atoms with Crippen molar-refractivity contribution in [3.05, 3.63) is 0 Å². The molecular weight excluding hydrogens is 228 g/mol. The Hall–Kier alpha value is -0.160. The Labute approximate surface area is 112 Å². The zero-order valence-corrected chi connectivity index (χ0v) is 12.1. The fraction of sp³-hybridized carbons (Fsp3) is 1.00. The average molecular weight is 258 g/mol. The quantitative estimate of drug-likeness (QED) is 0.650. The molecule has 1 aliphatic heterocycles. The summed E-state index contributed by atoms with van der Waals surface area (Å²) in [6, 6.07) is 0. The predicted octanol–water partition coefficient (Wildman–Crippen LogP) is 1.10. The van der Waals surface area contributed by atoms with Crippen LogP contribution in [0.3, 0.4) is 0 Å². The summed E-state index contributed by atoms with van der Waals surface area (Å²) < 4.78 is 5.71. The van der Waals surface area contributed by atoms with Crippen LogP contribution in [0.5, 0.6) is 0 Å². The van der Waals surface area contributed by atoms with Gasteiger partial charge in [0.1, 0.15) is 0 Å². The minimum atomic E-state index is 0.235. The topological polar surface area (TPSA) is 44.7 Å². The second-order valence-electron chi connectivity index (χ2n) is 5.44. The Balaban J connectivity index is 2.56. The number of hydrogen-bond donors (Lipinski definition) is 2. The third-order valence-electron chi connectivity index (χ3n) is 3.67. The van der Waals surface area contributed by atoms with Crippen LogP contribution in [0.2, 0.25) is 0 Å². The molecule has 0 radical (unpaired) electrons. The van der Waals surface area contributed by atoms with E-state index in [-0.39, 0.29) is 12.0 Å². The molecule has 4 heteroatoms. The average Bonchev–Trinajstić information content (AvgIpc) is 2.38. The molecule has 0 spiro atoms. The molecule has 108 valence electrons. The first-order chi connectivity index (χ1) is 8.76. The molecular formula is C14H30N2O2. The third kappa shape index (κ3) is 5.22. The van der Waals surface area contributed by atoms with E-state index >= 15 is 0 Å². The van der Waals surface area contributed by atoms with Crippen LogP contribution in [-0.2, 0) is 4.74 Å². The van der Waals surface area contributed by atoms with Crippen LogP contribution in [0, 0.1) is 5.41 Å². The lowest BCUT2D eigenvalue weighted by Crippen LogP contribution is -2.49. The fourth-order valence-corrected chi connectivity index (χ4v) is 2.82. The number of hydrogen-bond acceptors (Lipinski definition) is 4. The van der Waals surface area contributed by atoms with Crippen molar-refractivity contribution in [3.63, 3.8) is 0 Å². The van der Waals surface area contributed by atoms with Gasteiger partial charge in [-0.2, -0.15) is 0 Å². The number of nitrogens with zero attached hydrogens (tertiary/aromatic N) is 1. The summed E-state index contributed by atoms with van der Waals surface area (Å²) >= 11 is 0. The van der Waals surface area contributed by atoms with Crippen molar-refractivity contribution in [2.75, 3.05) is 52.5 Å². The summed E-state index contributed by atoms with van der Waals surface area (Å²) in [7, 11) is 0. The van der Waals surface area contributed by atoms with Crippen LogP contribution in [-0.4, -0.2) is 62.6 Å². The van der Waals surface area contributed by atoms with Crippen molar-refractivity contribution in [2.45, 2.75) is 33.1 Å². The lowest BCUT2D eigenvalue weighted by molar-refractivity contribution is -0.0277. The van der Waals surface area contributed by atoms with Gasteiger partial charge in [0, 0.05) is 31.7 Å². The smallest absolute Gasteiger partial charge is 0.0558 e. The molecule has 1 atom stereocenters. The van der Waals surface area contributed by atoms with Gasteiger partial charge in [-0.05, 0) is 32.4 Å². The lowest BCUT2D eigenvalue weighted by Gasteiger charge is -2.41. The number of nitrogens with one attached hydrogen (secondary N) is 1. The molecule has 1 heterocycles. The largest absolute Gasteiger partial charge is 0.395 e. The van der Waals surface area contributed by atoms with Crippen molar-refractivity contribution in [1.82, 2.24) is 10.2 Å². The van der Waals surface area contributed by atoms with Crippen molar-refractivity contribution >= 4 is 0 Å². The summed E-state index contributed by atoms with van der Waals surface area (Å²) in [6.45, 7) is 11.3. The first kappa shape index (κ1) is 15.9. The van der Waals surface area contributed by atoms with Gasteiger partial charge in [-0.25, -0.2) is 0 Å². The molecule has 1 rings (SSSR count). The maximum absolute atomic E-state index is 9.16. The highest BCUT2D eigenvalue weighted by atomic mass is 16.5. The van der Waals surface area contributed by atoms with Gasteiger partial charge in [0.2, 0.25) is 0 Å². The Morgan fingerprint density at radius 1 is 1.33 bits per heavy atom. The molecule has 0 aromatic rings. The minimum absolute atomic E-state index is 0.235. The molecule has 0 saturated carbocycles. The van der Waals surface area contributed by atoms with E-state index in [0.29, 0.717) is 0 Å². The fourth-order valence-electron chi connectivity index (χ4n) is 2.82. The second-order valence-corrected chi connectivity index (χ2v) is 5.44. The summed E-state index contributed by atoms with van der Waals surface area (Å²) in [4.78, 5) is 2.38. The number of ether oxygens (including phenoxy) is 1. The van der Waals surface area contributed by atoms with Gasteiger partial charge in [0.25, 0.3) is 0 Å². The summed E-state index contributed by atoms with van der Waals surface area (Å²) in [6.07, 6.45) is 3.52. The molecule has 1 saturated heterocycles. The van der Waals surface area contributed by atoms with Gasteiger partial charge < -0.3 is 20.1 Å². The number of rotatable bonds is 9. The van der Waals surface area contributed by atoms with Gasteiger partial charge in [0.05, 0.1) is 13.2 Å². The Morgan fingerprint density at radius 2 is 2.17 bits per heavy atom. The van der Waals surface area contributed by atoms with E-state index in [9.17, 15) is 0 Å². The number of aliphatic hydroxyl groups excluding tert-OH is 1. The van der Waals surface area contributed by atoms with Crippen molar-refractivity contribution in [3.8, 4) is 0 Å². The molecule has 0 aliphatic carbocycles. The predicted molar refractivity (Wildman–Crippen MR) is 74.8 cm³/mol. The van der Waals surface area contributed by atoms with Gasteiger partial charge >= 0.3 is 0 Å². The van der Waals surface area contributed by atoms with Crippen LogP contribution in [0.1, 0.15) is 33.1 Å². The molecule has 18 heavy (non-hydrogen) atoms. The highest BCUT2D eigenvalue weighted by molar-refractivity contribution is 4.87. The van der Waals surface area contributed by atoms with Crippen LogP contribution in [0.15, 0.2) is 0 Å². The third-order valence-corrected chi connectivity index (χ3v) is 3.67. The van der Waals surface area contributed by atoms with Gasteiger partial charge in [-0.1, -0.05) is 13.8 Å². The summed E-state index contributed by atoms with van der Waals surface area (Å²) in [5.41, 5.74) is 0.235. The second kappa shape index (κ2) is 8.86. The SMILES string of the molecule is CCCN(CCO)CC1(CNCC)CCCOC1.